The van der Waals surface area contributed by atoms with Gasteiger partial charge >= 0.3 is 0 Å². The average molecular weight is 236 g/mol. The van der Waals surface area contributed by atoms with E-state index in [2.05, 4.69) is 20.6 Å². The first-order valence-electron chi connectivity index (χ1n) is 5.77. The van der Waals surface area contributed by atoms with E-state index in [1.807, 2.05) is 26.8 Å². The molecule has 0 saturated heterocycles. The fourth-order valence-electron chi connectivity index (χ4n) is 1.43. The first-order valence-corrected chi connectivity index (χ1v) is 5.77. The molecule has 1 unspecified atom stereocenters. The van der Waals surface area contributed by atoms with Crippen LogP contribution in [-0.4, -0.2) is 29.0 Å². The molecule has 1 aromatic rings. The van der Waals surface area contributed by atoms with Gasteiger partial charge in [-0.2, -0.15) is 0 Å². The van der Waals surface area contributed by atoms with Crippen molar-refractivity contribution >= 4 is 11.7 Å². The van der Waals surface area contributed by atoms with Crippen molar-refractivity contribution in [3.8, 4) is 0 Å². The normalized spacial score (nSPS) is 12.4. The third kappa shape index (κ3) is 3.69. The minimum atomic E-state index is -0.311. The lowest BCUT2D eigenvalue weighted by atomic mass is 10.2. The SMILES string of the molecule is CNC(=O)C(C)Nc1cc(C)nc(C(C)C)n1. The maximum absolute atomic E-state index is 11.4. The molecular weight excluding hydrogens is 216 g/mol. The minimum Gasteiger partial charge on any atom is -0.359 e. The average Bonchev–Trinajstić information content (AvgIpc) is 2.26. The van der Waals surface area contributed by atoms with E-state index in [9.17, 15) is 4.79 Å². The number of likely N-dealkylation sites (N-methyl/N-ethyl adjacent to an activating group) is 1. The first kappa shape index (κ1) is 13.4. The van der Waals surface area contributed by atoms with Crippen molar-refractivity contribution in [2.24, 2.45) is 0 Å². The molecule has 0 aliphatic rings. The van der Waals surface area contributed by atoms with Crippen molar-refractivity contribution in [3.05, 3.63) is 17.6 Å². The lowest BCUT2D eigenvalue weighted by Crippen LogP contribution is -2.35. The van der Waals surface area contributed by atoms with Crippen molar-refractivity contribution < 1.29 is 4.79 Å². The van der Waals surface area contributed by atoms with Crippen molar-refractivity contribution in [3.63, 3.8) is 0 Å². The number of nitrogens with zero attached hydrogens (tertiary/aromatic N) is 2. The molecule has 1 aromatic heterocycles. The summed E-state index contributed by atoms with van der Waals surface area (Å²) in [6.45, 7) is 7.80. The topological polar surface area (TPSA) is 66.9 Å². The molecule has 0 fully saturated rings. The van der Waals surface area contributed by atoms with E-state index in [1.54, 1.807) is 14.0 Å². The van der Waals surface area contributed by atoms with Gasteiger partial charge in [-0.25, -0.2) is 9.97 Å². The molecule has 5 nitrogen and oxygen atoms in total. The highest BCUT2D eigenvalue weighted by atomic mass is 16.2. The smallest absolute Gasteiger partial charge is 0.241 e. The highest BCUT2D eigenvalue weighted by molar-refractivity contribution is 5.83. The third-order valence-electron chi connectivity index (χ3n) is 2.39. The lowest BCUT2D eigenvalue weighted by molar-refractivity contribution is -0.121. The van der Waals surface area contributed by atoms with Gasteiger partial charge in [0.1, 0.15) is 17.7 Å². The summed E-state index contributed by atoms with van der Waals surface area (Å²) in [6, 6.07) is 1.53. The van der Waals surface area contributed by atoms with Gasteiger partial charge in [0, 0.05) is 24.7 Å². The van der Waals surface area contributed by atoms with Gasteiger partial charge in [0.05, 0.1) is 0 Å². The second kappa shape index (κ2) is 5.61. The molecule has 5 heteroatoms. The van der Waals surface area contributed by atoms with Crippen LogP contribution in [-0.2, 0) is 4.79 Å². The van der Waals surface area contributed by atoms with Gasteiger partial charge in [-0.15, -0.1) is 0 Å². The monoisotopic (exact) mass is 236 g/mol. The van der Waals surface area contributed by atoms with Crippen LogP contribution in [0.25, 0.3) is 0 Å². The van der Waals surface area contributed by atoms with E-state index >= 15 is 0 Å². The van der Waals surface area contributed by atoms with Gasteiger partial charge in [0.2, 0.25) is 5.91 Å². The van der Waals surface area contributed by atoms with Crippen molar-refractivity contribution in [1.29, 1.82) is 0 Å². The van der Waals surface area contributed by atoms with Crippen LogP contribution < -0.4 is 10.6 Å². The summed E-state index contributed by atoms with van der Waals surface area (Å²) in [7, 11) is 1.62. The molecule has 0 radical (unpaired) electrons. The minimum absolute atomic E-state index is 0.0626. The second-order valence-corrected chi connectivity index (χ2v) is 4.39. The number of aryl methyl sites for hydroxylation is 1. The summed E-state index contributed by atoms with van der Waals surface area (Å²) in [5, 5.41) is 5.66. The number of aromatic nitrogens is 2. The lowest BCUT2D eigenvalue weighted by Gasteiger charge is -2.14. The standard InChI is InChI=1S/C12H20N4O/c1-7(2)11-14-8(3)6-10(16-11)15-9(4)12(17)13-5/h6-7,9H,1-5H3,(H,13,17)(H,14,15,16). The summed E-state index contributed by atoms with van der Waals surface area (Å²) in [5.74, 6) is 1.69. The number of nitrogens with one attached hydrogen (secondary N) is 2. The molecule has 94 valence electrons. The molecule has 1 rings (SSSR count). The number of amides is 1. The van der Waals surface area contributed by atoms with Crippen LogP contribution >= 0.6 is 0 Å². The predicted octanol–water partition coefficient (Wildman–Crippen LogP) is 1.45. The van der Waals surface area contributed by atoms with Gasteiger partial charge in [-0.3, -0.25) is 4.79 Å². The van der Waals surface area contributed by atoms with Gasteiger partial charge in [-0.1, -0.05) is 13.8 Å². The van der Waals surface area contributed by atoms with Crippen molar-refractivity contribution in [2.45, 2.75) is 39.7 Å². The molecular formula is C12H20N4O. The summed E-state index contributed by atoms with van der Waals surface area (Å²) in [6.07, 6.45) is 0. The maximum Gasteiger partial charge on any atom is 0.241 e. The molecule has 0 bridgehead atoms. The second-order valence-electron chi connectivity index (χ2n) is 4.39. The number of rotatable bonds is 4. The van der Waals surface area contributed by atoms with E-state index in [1.165, 1.54) is 0 Å². The Morgan fingerprint density at radius 3 is 2.47 bits per heavy atom. The fourth-order valence-corrected chi connectivity index (χ4v) is 1.43. The fraction of sp³-hybridized carbons (Fsp3) is 0.583. The van der Waals surface area contributed by atoms with Crippen LogP contribution in [0.15, 0.2) is 6.07 Å². The maximum atomic E-state index is 11.4. The zero-order valence-electron chi connectivity index (χ0n) is 11.0. The number of carbonyl (C=O) groups is 1. The number of hydrogen-bond acceptors (Lipinski definition) is 4. The Kier molecular flexibility index (Phi) is 4.43. The van der Waals surface area contributed by atoms with Crippen LogP contribution in [0.4, 0.5) is 5.82 Å². The largest absolute Gasteiger partial charge is 0.359 e. The molecule has 1 heterocycles. The summed E-state index contributed by atoms with van der Waals surface area (Å²) in [4.78, 5) is 20.1. The Morgan fingerprint density at radius 1 is 1.29 bits per heavy atom. The molecule has 0 aliphatic heterocycles. The van der Waals surface area contributed by atoms with Crippen molar-refractivity contribution in [1.82, 2.24) is 15.3 Å². The van der Waals surface area contributed by atoms with E-state index < -0.39 is 0 Å². The molecule has 1 atom stereocenters. The van der Waals surface area contributed by atoms with Gasteiger partial charge in [0.25, 0.3) is 0 Å². The highest BCUT2D eigenvalue weighted by Gasteiger charge is 2.12. The number of anilines is 1. The Morgan fingerprint density at radius 2 is 1.94 bits per heavy atom. The third-order valence-corrected chi connectivity index (χ3v) is 2.39. The zero-order chi connectivity index (χ0) is 13.0. The van der Waals surface area contributed by atoms with E-state index in [-0.39, 0.29) is 17.9 Å². The van der Waals surface area contributed by atoms with Crippen LogP contribution in [0.3, 0.4) is 0 Å². The van der Waals surface area contributed by atoms with Crippen LogP contribution in [0.2, 0.25) is 0 Å². The van der Waals surface area contributed by atoms with Crippen LogP contribution in [0.5, 0.6) is 0 Å². The highest BCUT2D eigenvalue weighted by Crippen LogP contribution is 2.14. The Hall–Kier alpha value is -1.65. The zero-order valence-corrected chi connectivity index (χ0v) is 11.0. The molecule has 0 aliphatic carbocycles. The molecule has 0 saturated carbocycles. The van der Waals surface area contributed by atoms with Gasteiger partial charge < -0.3 is 10.6 Å². The van der Waals surface area contributed by atoms with Crippen LogP contribution in [0.1, 0.15) is 38.2 Å². The Balaban J connectivity index is 2.87. The molecule has 2 N–H and O–H groups in total. The Labute approximate surface area is 102 Å². The molecule has 1 amide bonds. The molecule has 17 heavy (non-hydrogen) atoms. The van der Waals surface area contributed by atoms with E-state index in [0.29, 0.717) is 5.82 Å². The molecule has 0 spiro atoms. The van der Waals surface area contributed by atoms with E-state index in [0.717, 1.165) is 11.5 Å². The quantitative estimate of drug-likeness (QED) is 0.830. The van der Waals surface area contributed by atoms with Crippen molar-refractivity contribution in [2.75, 3.05) is 12.4 Å². The summed E-state index contributed by atoms with van der Waals surface area (Å²) < 4.78 is 0. The Bertz CT molecular complexity index is 403. The summed E-state index contributed by atoms with van der Waals surface area (Å²) in [5.41, 5.74) is 0.898. The number of hydrogen-bond donors (Lipinski definition) is 2. The molecule has 0 aromatic carbocycles. The van der Waals surface area contributed by atoms with Gasteiger partial charge in [0.15, 0.2) is 0 Å². The predicted molar refractivity (Wildman–Crippen MR) is 68.0 cm³/mol. The van der Waals surface area contributed by atoms with Crippen LogP contribution in [0, 0.1) is 6.92 Å². The van der Waals surface area contributed by atoms with Gasteiger partial charge in [-0.05, 0) is 13.8 Å². The summed E-state index contributed by atoms with van der Waals surface area (Å²) >= 11 is 0. The number of carbonyl (C=O) groups excluding carboxylic acids is 1. The first-order chi connectivity index (χ1) is 7.93. The van der Waals surface area contributed by atoms with E-state index in [4.69, 9.17) is 0 Å².